The summed E-state index contributed by atoms with van der Waals surface area (Å²) >= 11 is 0. The first kappa shape index (κ1) is 13.3. The molecule has 18 heavy (non-hydrogen) atoms. The summed E-state index contributed by atoms with van der Waals surface area (Å²) in [5.74, 6) is -0.186. The van der Waals surface area contributed by atoms with Crippen molar-refractivity contribution in [3.63, 3.8) is 0 Å². The number of sulfonamides is 1. The van der Waals surface area contributed by atoms with Crippen LogP contribution in [-0.2, 0) is 10.0 Å². The number of halogens is 1. The van der Waals surface area contributed by atoms with Gasteiger partial charge in [0.05, 0.1) is 5.69 Å². The van der Waals surface area contributed by atoms with Crippen LogP contribution in [-0.4, -0.2) is 25.8 Å². The zero-order valence-corrected chi connectivity index (χ0v) is 11.1. The highest BCUT2D eigenvalue weighted by atomic mass is 32.2. The summed E-state index contributed by atoms with van der Waals surface area (Å²) < 4.78 is 39.2. The van der Waals surface area contributed by atoms with E-state index in [4.69, 9.17) is 5.73 Å². The third-order valence-electron chi connectivity index (χ3n) is 3.21. The summed E-state index contributed by atoms with van der Waals surface area (Å²) in [7, 11) is -3.60. The summed E-state index contributed by atoms with van der Waals surface area (Å²) in [5.41, 5.74) is 5.57. The van der Waals surface area contributed by atoms with Gasteiger partial charge in [-0.2, -0.15) is 4.31 Å². The molecule has 1 saturated heterocycles. The Bertz CT molecular complexity index is 545. The minimum absolute atomic E-state index is 0.00185. The fraction of sp³-hybridized carbons (Fsp3) is 0.500. The SMILES string of the molecule is CC1CCCN(S(=O)(=O)c2ccc(F)cc2N)C1. The van der Waals surface area contributed by atoms with E-state index >= 15 is 0 Å². The van der Waals surface area contributed by atoms with Gasteiger partial charge in [0.25, 0.3) is 0 Å². The van der Waals surface area contributed by atoms with Crippen LogP contribution in [0.3, 0.4) is 0 Å². The van der Waals surface area contributed by atoms with Gasteiger partial charge in [-0.25, -0.2) is 12.8 Å². The Hall–Kier alpha value is -1.14. The third kappa shape index (κ3) is 2.49. The fourth-order valence-electron chi connectivity index (χ4n) is 2.26. The molecule has 0 aromatic heterocycles. The lowest BCUT2D eigenvalue weighted by Gasteiger charge is -2.30. The molecule has 4 nitrogen and oxygen atoms in total. The highest BCUT2D eigenvalue weighted by Crippen LogP contribution is 2.27. The average Bonchev–Trinajstić information content (AvgIpc) is 2.28. The minimum Gasteiger partial charge on any atom is -0.398 e. The second-order valence-corrected chi connectivity index (χ2v) is 6.70. The topological polar surface area (TPSA) is 63.4 Å². The molecule has 0 amide bonds. The van der Waals surface area contributed by atoms with E-state index in [9.17, 15) is 12.8 Å². The van der Waals surface area contributed by atoms with Crippen molar-refractivity contribution >= 4 is 15.7 Å². The van der Waals surface area contributed by atoms with Crippen LogP contribution in [0.15, 0.2) is 23.1 Å². The molecular weight excluding hydrogens is 255 g/mol. The normalized spacial score (nSPS) is 22.0. The van der Waals surface area contributed by atoms with Crippen molar-refractivity contribution in [2.24, 2.45) is 5.92 Å². The molecule has 1 aromatic rings. The van der Waals surface area contributed by atoms with E-state index in [1.807, 2.05) is 6.92 Å². The monoisotopic (exact) mass is 272 g/mol. The first-order valence-corrected chi connectivity index (χ1v) is 7.40. The molecule has 1 aliphatic heterocycles. The van der Waals surface area contributed by atoms with Gasteiger partial charge in [0, 0.05) is 13.1 Å². The number of nitrogens with two attached hydrogens (primary N) is 1. The van der Waals surface area contributed by atoms with E-state index in [1.165, 1.54) is 10.4 Å². The summed E-state index contributed by atoms with van der Waals surface area (Å²) in [6, 6.07) is 3.40. The molecule has 1 unspecified atom stereocenters. The summed E-state index contributed by atoms with van der Waals surface area (Å²) in [6.45, 7) is 3.03. The summed E-state index contributed by atoms with van der Waals surface area (Å²) in [5, 5.41) is 0. The highest BCUT2D eigenvalue weighted by molar-refractivity contribution is 7.89. The number of anilines is 1. The standard InChI is InChI=1S/C12H17FN2O2S/c1-9-3-2-6-15(8-9)18(16,17)12-5-4-10(13)7-11(12)14/h4-5,7,9H,2-3,6,8,14H2,1H3. The van der Waals surface area contributed by atoms with Crippen molar-refractivity contribution in [3.8, 4) is 0 Å². The van der Waals surface area contributed by atoms with E-state index < -0.39 is 15.8 Å². The molecule has 1 atom stereocenters. The number of nitrogens with zero attached hydrogens (tertiary/aromatic N) is 1. The predicted molar refractivity (Wildman–Crippen MR) is 68.0 cm³/mol. The molecule has 0 saturated carbocycles. The van der Waals surface area contributed by atoms with Gasteiger partial charge in [-0.05, 0) is 37.0 Å². The highest BCUT2D eigenvalue weighted by Gasteiger charge is 2.30. The van der Waals surface area contributed by atoms with Gasteiger partial charge in [-0.1, -0.05) is 6.92 Å². The quantitative estimate of drug-likeness (QED) is 0.835. The summed E-state index contributed by atoms with van der Waals surface area (Å²) in [6.07, 6.45) is 1.88. The van der Waals surface area contributed by atoms with Gasteiger partial charge in [0.1, 0.15) is 10.7 Å². The molecule has 0 aliphatic carbocycles. The van der Waals surface area contributed by atoms with E-state index in [1.54, 1.807) is 0 Å². The van der Waals surface area contributed by atoms with Gasteiger partial charge in [0.2, 0.25) is 10.0 Å². The van der Waals surface area contributed by atoms with Crippen LogP contribution < -0.4 is 5.73 Å². The largest absolute Gasteiger partial charge is 0.398 e. The second-order valence-electron chi connectivity index (χ2n) is 4.79. The first-order chi connectivity index (χ1) is 8.41. The molecule has 1 fully saturated rings. The maximum Gasteiger partial charge on any atom is 0.245 e. The molecule has 6 heteroatoms. The molecule has 0 radical (unpaired) electrons. The minimum atomic E-state index is -3.60. The predicted octanol–water partition coefficient (Wildman–Crippen LogP) is 1.83. The molecule has 2 N–H and O–H groups in total. The molecule has 1 aliphatic rings. The van der Waals surface area contributed by atoms with Crippen LogP contribution in [0.5, 0.6) is 0 Å². The van der Waals surface area contributed by atoms with Crippen molar-refractivity contribution in [2.45, 2.75) is 24.7 Å². The summed E-state index contributed by atoms with van der Waals surface area (Å²) in [4.78, 5) is -0.00185. The number of nitrogen functional groups attached to an aromatic ring is 1. The zero-order chi connectivity index (χ0) is 13.3. The number of hydrogen-bond acceptors (Lipinski definition) is 3. The van der Waals surface area contributed by atoms with Gasteiger partial charge < -0.3 is 5.73 Å². The molecule has 100 valence electrons. The van der Waals surface area contributed by atoms with Crippen molar-refractivity contribution in [2.75, 3.05) is 18.8 Å². The van der Waals surface area contributed by atoms with Crippen LogP contribution in [0, 0.1) is 11.7 Å². The van der Waals surface area contributed by atoms with Crippen molar-refractivity contribution in [3.05, 3.63) is 24.0 Å². The zero-order valence-electron chi connectivity index (χ0n) is 10.3. The maximum absolute atomic E-state index is 13.0. The van der Waals surface area contributed by atoms with Gasteiger partial charge in [-0.3, -0.25) is 0 Å². The Balaban J connectivity index is 2.35. The number of rotatable bonds is 2. The van der Waals surface area contributed by atoms with Crippen molar-refractivity contribution in [1.82, 2.24) is 4.31 Å². The van der Waals surface area contributed by atoms with E-state index in [2.05, 4.69) is 0 Å². The molecular formula is C12H17FN2O2S. The lowest BCUT2D eigenvalue weighted by molar-refractivity contribution is 0.281. The lowest BCUT2D eigenvalue weighted by atomic mass is 10.0. The van der Waals surface area contributed by atoms with Crippen molar-refractivity contribution in [1.29, 1.82) is 0 Å². The van der Waals surface area contributed by atoms with Gasteiger partial charge in [0.15, 0.2) is 0 Å². The van der Waals surface area contributed by atoms with Crippen LogP contribution in [0.25, 0.3) is 0 Å². The van der Waals surface area contributed by atoms with Crippen LogP contribution in [0.1, 0.15) is 19.8 Å². The Morgan fingerprint density at radius 1 is 1.44 bits per heavy atom. The van der Waals surface area contributed by atoms with Gasteiger partial charge in [-0.15, -0.1) is 0 Å². The lowest BCUT2D eigenvalue weighted by Crippen LogP contribution is -2.39. The number of benzene rings is 1. The smallest absolute Gasteiger partial charge is 0.245 e. The molecule has 1 heterocycles. The van der Waals surface area contributed by atoms with E-state index in [0.29, 0.717) is 19.0 Å². The Morgan fingerprint density at radius 3 is 2.78 bits per heavy atom. The molecule has 0 spiro atoms. The number of piperidine rings is 1. The molecule has 1 aromatic carbocycles. The Morgan fingerprint density at radius 2 is 2.17 bits per heavy atom. The van der Waals surface area contributed by atoms with Crippen LogP contribution in [0.2, 0.25) is 0 Å². The number of hydrogen-bond donors (Lipinski definition) is 1. The van der Waals surface area contributed by atoms with Crippen molar-refractivity contribution < 1.29 is 12.8 Å². The third-order valence-corrected chi connectivity index (χ3v) is 5.15. The van der Waals surface area contributed by atoms with E-state index in [0.717, 1.165) is 25.0 Å². The first-order valence-electron chi connectivity index (χ1n) is 5.96. The van der Waals surface area contributed by atoms with Gasteiger partial charge >= 0.3 is 0 Å². The van der Waals surface area contributed by atoms with E-state index in [-0.39, 0.29) is 10.6 Å². The fourth-order valence-corrected chi connectivity index (χ4v) is 3.95. The Kier molecular flexibility index (Phi) is 3.59. The van der Waals surface area contributed by atoms with Crippen LogP contribution in [0.4, 0.5) is 10.1 Å². The Labute approximate surface area is 107 Å². The van der Waals surface area contributed by atoms with Crippen LogP contribution >= 0.6 is 0 Å². The second kappa shape index (κ2) is 4.85. The molecule has 2 rings (SSSR count). The molecule has 0 bridgehead atoms. The average molecular weight is 272 g/mol. The maximum atomic E-state index is 13.0.